The Morgan fingerprint density at radius 1 is 1.17 bits per heavy atom. The fourth-order valence-electron chi connectivity index (χ4n) is 2.93. The maximum atomic E-state index is 12.4. The lowest BCUT2D eigenvalue weighted by Crippen LogP contribution is -2.38. The molecule has 1 aliphatic rings. The van der Waals surface area contributed by atoms with Crippen molar-refractivity contribution in [3.63, 3.8) is 0 Å². The molecule has 24 heavy (non-hydrogen) atoms. The van der Waals surface area contributed by atoms with Gasteiger partial charge in [-0.1, -0.05) is 17.2 Å². The Bertz CT molecular complexity index is 685. The molecule has 0 radical (unpaired) electrons. The van der Waals surface area contributed by atoms with Crippen LogP contribution in [0.2, 0.25) is 0 Å². The number of carbonyl (C=O) groups is 1. The lowest BCUT2D eigenvalue weighted by molar-refractivity contribution is 0.0360. The molecule has 0 bridgehead atoms. The Balaban J connectivity index is 1.56. The van der Waals surface area contributed by atoms with Crippen LogP contribution in [-0.2, 0) is 11.3 Å². The summed E-state index contributed by atoms with van der Waals surface area (Å²) >= 11 is 0. The third kappa shape index (κ3) is 4.43. The van der Waals surface area contributed by atoms with E-state index in [1.54, 1.807) is 6.20 Å². The first-order valence-electron chi connectivity index (χ1n) is 8.32. The van der Waals surface area contributed by atoms with E-state index in [2.05, 4.69) is 21.4 Å². The highest BCUT2D eigenvalue weighted by Gasteiger charge is 2.11. The van der Waals surface area contributed by atoms with Gasteiger partial charge in [-0.2, -0.15) is 5.10 Å². The van der Waals surface area contributed by atoms with Crippen LogP contribution in [0, 0.1) is 13.8 Å². The van der Waals surface area contributed by atoms with Crippen molar-refractivity contribution in [2.45, 2.75) is 20.4 Å². The summed E-state index contributed by atoms with van der Waals surface area (Å²) in [6, 6.07) is 5.84. The van der Waals surface area contributed by atoms with Gasteiger partial charge in [0.1, 0.15) is 0 Å². The minimum atomic E-state index is -0.102. The minimum Gasteiger partial charge on any atom is -0.379 e. The Hall–Kier alpha value is -2.18. The summed E-state index contributed by atoms with van der Waals surface area (Å²) in [5, 5.41) is 7.24. The molecule has 0 saturated carbocycles. The van der Waals surface area contributed by atoms with Crippen LogP contribution in [0.4, 0.5) is 5.69 Å². The number of rotatable bonds is 5. The van der Waals surface area contributed by atoms with E-state index in [0.29, 0.717) is 5.56 Å². The number of hydrogen-bond donors (Lipinski definition) is 1. The molecule has 0 spiro atoms. The predicted molar refractivity (Wildman–Crippen MR) is 93.4 cm³/mol. The monoisotopic (exact) mass is 328 g/mol. The van der Waals surface area contributed by atoms with Gasteiger partial charge in [0.05, 0.1) is 31.6 Å². The number of hydrogen-bond acceptors (Lipinski definition) is 4. The molecule has 6 heteroatoms. The van der Waals surface area contributed by atoms with Crippen molar-refractivity contribution in [1.29, 1.82) is 0 Å². The first kappa shape index (κ1) is 16.7. The van der Waals surface area contributed by atoms with Crippen LogP contribution in [0.25, 0.3) is 0 Å². The summed E-state index contributed by atoms with van der Waals surface area (Å²) in [5.41, 5.74) is 3.57. The number of amides is 1. The summed E-state index contributed by atoms with van der Waals surface area (Å²) in [6.07, 6.45) is 3.57. The highest BCUT2D eigenvalue weighted by atomic mass is 16.5. The number of anilines is 1. The van der Waals surface area contributed by atoms with Crippen molar-refractivity contribution in [3.05, 3.63) is 47.3 Å². The fraction of sp³-hybridized carbons (Fsp3) is 0.444. The Morgan fingerprint density at radius 3 is 2.58 bits per heavy atom. The van der Waals surface area contributed by atoms with Gasteiger partial charge in [0.25, 0.3) is 5.91 Å². The molecule has 1 aliphatic heterocycles. The average molecular weight is 328 g/mol. The number of carbonyl (C=O) groups excluding carboxylic acids is 1. The van der Waals surface area contributed by atoms with Crippen LogP contribution >= 0.6 is 0 Å². The standard InChI is InChI=1S/C18H24N4O2/c1-14-9-15(2)11-16(10-14)18(23)20-17-12-19-22(13-17)4-3-21-5-7-24-8-6-21/h9-13H,3-8H2,1-2H3,(H,20,23). The van der Waals surface area contributed by atoms with Crippen LogP contribution in [0.3, 0.4) is 0 Å². The summed E-state index contributed by atoms with van der Waals surface area (Å²) in [5.74, 6) is -0.102. The lowest BCUT2D eigenvalue weighted by atomic mass is 10.1. The van der Waals surface area contributed by atoms with Crippen LogP contribution in [0.15, 0.2) is 30.6 Å². The summed E-state index contributed by atoms with van der Waals surface area (Å²) in [7, 11) is 0. The van der Waals surface area contributed by atoms with Gasteiger partial charge in [0, 0.05) is 31.4 Å². The normalized spacial score (nSPS) is 15.4. The highest BCUT2D eigenvalue weighted by molar-refractivity contribution is 6.04. The molecule has 2 aromatic rings. The Kier molecular flexibility index (Phi) is 5.27. The smallest absolute Gasteiger partial charge is 0.255 e. The van der Waals surface area contributed by atoms with Gasteiger partial charge in [-0.25, -0.2) is 0 Å². The number of aromatic nitrogens is 2. The fourth-order valence-corrected chi connectivity index (χ4v) is 2.93. The van der Waals surface area contributed by atoms with E-state index in [9.17, 15) is 4.79 Å². The first-order valence-corrected chi connectivity index (χ1v) is 8.32. The maximum Gasteiger partial charge on any atom is 0.255 e. The molecule has 1 aromatic carbocycles. The lowest BCUT2D eigenvalue weighted by Gasteiger charge is -2.26. The molecular weight excluding hydrogens is 304 g/mol. The number of aryl methyl sites for hydroxylation is 2. The predicted octanol–water partition coefficient (Wildman–Crippen LogP) is 2.08. The summed E-state index contributed by atoms with van der Waals surface area (Å²) in [6.45, 7) is 9.28. The first-order chi connectivity index (χ1) is 11.6. The van der Waals surface area contributed by atoms with Gasteiger partial charge < -0.3 is 10.1 Å². The Labute approximate surface area is 142 Å². The quantitative estimate of drug-likeness (QED) is 0.913. The molecule has 1 aromatic heterocycles. The number of nitrogens with zero attached hydrogens (tertiary/aromatic N) is 3. The van der Waals surface area contributed by atoms with Gasteiger partial charge in [0.2, 0.25) is 0 Å². The zero-order chi connectivity index (χ0) is 16.9. The number of nitrogens with one attached hydrogen (secondary N) is 1. The summed E-state index contributed by atoms with van der Waals surface area (Å²) in [4.78, 5) is 14.7. The van der Waals surface area contributed by atoms with Crippen molar-refractivity contribution in [1.82, 2.24) is 14.7 Å². The van der Waals surface area contributed by atoms with E-state index in [1.807, 2.05) is 36.9 Å². The van der Waals surface area contributed by atoms with Crippen LogP contribution in [0.5, 0.6) is 0 Å². The molecule has 0 unspecified atom stereocenters. The SMILES string of the molecule is Cc1cc(C)cc(C(=O)Nc2cnn(CCN3CCOCC3)c2)c1. The molecule has 1 fully saturated rings. The van der Waals surface area contributed by atoms with E-state index in [0.717, 1.165) is 56.2 Å². The largest absolute Gasteiger partial charge is 0.379 e. The van der Waals surface area contributed by atoms with E-state index >= 15 is 0 Å². The number of benzene rings is 1. The van der Waals surface area contributed by atoms with Gasteiger partial charge >= 0.3 is 0 Å². The second-order valence-corrected chi connectivity index (χ2v) is 6.28. The zero-order valence-corrected chi connectivity index (χ0v) is 14.3. The Morgan fingerprint density at radius 2 is 1.88 bits per heavy atom. The van der Waals surface area contributed by atoms with E-state index in [-0.39, 0.29) is 5.91 Å². The zero-order valence-electron chi connectivity index (χ0n) is 14.3. The molecule has 1 N–H and O–H groups in total. The highest BCUT2D eigenvalue weighted by Crippen LogP contribution is 2.12. The third-order valence-corrected chi connectivity index (χ3v) is 4.12. The van der Waals surface area contributed by atoms with Crippen molar-refractivity contribution < 1.29 is 9.53 Å². The van der Waals surface area contributed by atoms with Crippen LogP contribution in [0.1, 0.15) is 21.5 Å². The molecular formula is C18H24N4O2. The maximum absolute atomic E-state index is 12.4. The number of morpholine rings is 1. The van der Waals surface area contributed by atoms with Crippen LogP contribution in [-0.4, -0.2) is 53.4 Å². The van der Waals surface area contributed by atoms with Crippen LogP contribution < -0.4 is 5.32 Å². The molecule has 2 heterocycles. The molecule has 3 rings (SSSR count). The van der Waals surface area contributed by atoms with Crippen molar-refractivity contribution in [2.75, 3.05) is 38.2 Å². The van der Waals surface area contributed by atoms with Gasteiger partial charge in [0.15, 0.2) is 0 Å². The molecule has 0 atom stereocenters. The topological polar surface area (TPSA) is 59.4 Å². The minimum absolute atomic E-state index is 0.102. The van der Waals surface area contributed by atoms with E-state index in [4.69, 9.17) is 4.74 Å². The van der Waals surface area contributed by atoms with E-state index < -0.39 is 0 Å². The second kappa shape index (κ2) is 7.59. The molecule has 6 nitrogen and oxygen atoms in total. The van der Waals surface area contributed by atoms with E-state index in [1.165, 1.54) is 0 Å². The molecule has 0 aliphatic carbocycles. The van der Waals surface area contributed by atoms with Gasteiger partial charge in [-0.15, -0.1) is 0 Å². The summed E-state index contributed by atoms with van der Waals surface area (Å²) < 4.78 is 7.21. The van der Waals surface area contributed by atoms with Gasteiger partial charge in [-0.05, 0) is 26.0 Å². The second-order valence-electron chi connectivity index (χ2n) is 6.28. The molecule has 128 valence electrons. The third-order valence-electron chi connectivity index (χ3n) is 4.12. The average Bonchev–Trinajstić information content (AvgIpc) is 3.00. The molecule has 1 amide bonds. The number of ether oxygens (including phenoxy) is 1. The molecule has 1 saturated heterocycles. The van der Waals surface area contributed by atoms with Crippen molar-refractivity contribution in [3.8, 4) is 0 Å². The van der Waals surface area contributed by atoms with Crippen molar-refractivity contribution in [2.24, 2.45) is 0 Å². The van der Waals surface area contributed by atoms with Gasteiger partial charge in [-0.3, -0.25) is 14.4 Å². The van der Waals surface area contributed by atoms with Crippen molar-refractivity contribution >= 4 is 11.6 Å².